The number of carbonyl (C=O) groups is 2. The van der Waals surface area contributed by atoms with Crippen molar-refractivity contribution in [2.45, 2.75) is 6.92 Å². The molecular weight excluding hydrogens is 278 g/mol. The van der Waals surface area contributed by atoms with Gasteiger partial charge in [0.05, 0.1) is 6.61 Å². The first-order chi connectivity index (χ1) is 10.1. The van der Waals surface area contributed by atoms with Gasteiger partial charge < -0.3 is 13.9 Å². The van der Waals surface area contributed by atoms with Gasteiger partial charge in [-0.2, -0.15) is 0 Å². The van der Waals surface area contributed by atoms with Gasteiger partial charge in [0, 0.05) is 17.5 Å². The third-order valence-corrected chi connectivity index (χ3v) is 2.48. The Balaban J connectivity index is 1.98. The largest absolute Gasteiger partial charge is 0.484 e. The second-order valence-electron chi connectivity index (χ2n) is 4.01. The molecule has 0 aliphatic heterocycles. The minimum atomic E-state index is -0.824. The first kappa shape index (κ1) is 14.6. The number of ether oxygens (including phenoxy) is 2. The van der Waals surface area contributed by atoms with Crippen molar-refractivity contribution in [3.63, 3.8) is 0 Å². The molecule has 1 aromatic heterocycles. The zero-order valence-corrected chi connectivity index (χ0v) is 11.3. The molecule has 2 aromatic rings. The summed E-state index contributed by atoms with van der Waals surface area (Å²) in [5.41, 5.74) is -0.120. The highest BCUT2D eigenvalue weighted by Gasteiger charge is 2.09. The summed E-state index contributed by atoms with van der Waals surface area (Å²) in [4.78, 5) is 33.5. The minimum Gasteiger partial charge on any atom is -0.484 e. The number of carbonyl (C=O) groups excluding carboxylic acids is 2. The quantitative estimate of drug-likeness (QED) is 0.856. The van der Waals surface area contributed by atoms with Gasteiger partial charge in [-0.15, -0.1) is 0 Å². The van der Waals surface area contributed by atoms with E-state index in [4.69, 9.17) is 9.15 Å². The van der Waals surface area contributed by atoms with E-state index < -0.39 is 17.6 Å². The van der Waals surface area contributed by atoms with Crippen LogP contribution in [0.5, 0.6) is 5.75 Å². The molecule has 0 spiro atoms. The van der Waals surface area contributed by atoms with E-state index in [2.05, 4.69) is 4.74 Å². The summed E-state index contributed by atoms with van der Waals surface area (Å²) in [7, 11) is 0. The molecular formula is C14H13NO6. The van der Waals surface area contributed by atoms with Gasteiger partial charge in [-0.05, 0) is 25.1 Å². The number of hydrogen-bond acceptors (Lipinski definition) is 6. The van der Waals surface area contributed by atoms with E-state index in [1.54, 1.807) is 25.1 Å². The molecule has 1 aromatic carbocycles. The van der Waals surface area contributed by atoms with Gasteiger partial charge in [0.25, 0.3) is 5.91 Å². The normalized spacial score (nSPS) is 10.1. The van der Waals surface area contributed by atoms with Crippen LogP contribution in [0, 0.1) is 0 Å². The zero-order valence-electron chi connectivity index (χ0n) is 11.3. The van der Waals surface area contributed by atoms with E-state index in [1.807, 2.05) is 5.32 Å². The lowest BCUT2D eigenvalue weighted by Gasteiger charge is -2.07. The average Bonchev–Trinajstić information content (AvgIpc) is 2.44. The molecule has 110 valence electrons. The standard InChI is InChI=1S/C14H13NO6/c1-2-19-14(18)15-12(16)8-20-10-5-3-9-4-6-13(17)21-11(9)7-10/h3-7H,2,8H2,1H3,(H,15,16,18). The number of imide groups is 1. The van der Waals surface area contributed by atoms with Gasteiger partial charge in [0.2, 0.25) is 0 Å². The number of rotatable bonds is 4. The van der Waals surface area contributed by atoms with E-state index in [0.29, 0.717) is 11.3 Å². The van der Waals surface area contributed by atoms with Crippen molar-refractivity contribution in [3.05, 3.63) is 40.8 Å². The Hall–Kier alpha value is -2.83. The van der Waals surface area contributed by atoms with Gasteiger partial charge in [-0.1, -0.05) is 0 Å². The lowest BCUT2D eigenvalue weighted by molar-refractivity contribution is -0.122. The predicted molar refractivity (Wildman–Crippen MR) is 73.1 cm³/mol. The highest BCUT2D eigenvalue weighted by molar-refractivity contribution is 5.92. The molecule has 0 radical (unpaired) electrons. The molecule has 0 bridgehead atoms. The van der Waals surface area contributed by atoms with Gasteiger partial charge in [0.1, 0.15) is 11.3 Å². The number of nitrogens with one attached hydrogen (secondary N) is 1. The van der Waals surface area contributed by atoms with Crippen molar-refractivity contribution >= 4 is 23.0 Å². The fourth-order valence-electron chi connectivity index (χ4n) is 1.60. The maximum atomic E-state index is 11.4. The molecule has 0 saturated heterocycles. The van der Waals surface area contributed by atoms with Gasteiger partial charge in [-0.25, -0.2) is 9.59 Å². The smallest absolute Gasteiger partial charge is 0.413 e. The molecule has 7 nitrogen and oxygen atoms in total. The van der Waals surface area contributed by atoms with E-state index >= 15 is 0 Å². The monoisotopic (exact) mass is 291 g/mol. The lowest BCUT2D eigenvalue weighted by Crippen LogP contribution is -2.34. The Kier molecular flexibility index (Phi) is 4.55. The second kappa shape index (κ2) is 6.56. The maximum Gasteiger partial charge on any atom is 0.413 e. The van der Waals surface area contributed by atoms with E-state index in [-0.39, 0.29) is 13.2 Å². The molecule has 0 atom stereocenters. The maximum absolute atomic E-state index is 11.4. The van der Waals surface area contributed by atoms with E-state index in [0.717, 1.165) is 5.39 Å². The van der Waals surface area contributed by atoms with E-state index in [1.165, 1.54) is 12.1 Å². The zero-order chi connectivity index (χ0) is 15.2. The molecule has 7 heteroatoms. The molecule has 1 heterocycles. The molecule has 0 fully saturated rings. The van der Waals surface area contributed by atoms with Crippen LogP contribution in [0.15, 0.2) is 39.5 Å². The van der Waals surface area contributed by atoms with Crippen LogP contribution in [0.25, 0.3) is 11.0 Å². The fourth-order valence-corrected chi connectivity index (χ4v) is 1.60. The Bertz CT molecular complexity index is 721. The molecule has 0 saturated carbocycles. The van der Waals surface area contributed by atoms with Crippen molar-refractivity contribution in [2.24, 2.45) is 0 Å². The molecule has 0 unspecified atom stereocenters. The van der Waals surface area contributed by atoms with Crippen LogP contribution in [-0.4, -0.2) is 25.2 Å². The highest BCUT2D eigenvalue weighted by atomic mass is 16.5. The van der Waals surface area contributed by atoms with E-state index in [9.17, 15) is 14.4 Å². The van der Waals surface area contributed by atoms with Crippen molar-refractivity contribution in [3.8, 4) is 5.75 Å². The van der Waals surface area contributed by atoms with Crippen molar-refractivity contribution in [1.82, 2.24) is 5.32 Å². The van der Waals surface area contributed by atoms with Crippen LogP contribution >= 0.6 is 0 Å². The minimum absolute atomic E-state index is 0.170. The SMILES string of the molecule is CCOC(=O)NC(=O)COc1ccc2ccc(=O)oc2c1. The van der Waals surface area contributed by atoms with Crippen LogP contribution in [0.2, 0.25) is 0 Å². The van der Waals surface area contributed by atoms with Crippen LogP contribution in [0.4, 0.5) is 4.79 Å². The first-order valence-corrected chi connectivity index (χ1v) is 6.22. The molecule has 1 N–H and O–H groups in total. The number of amides is 2. The summed E-state index contributed by atoms with van der Waals surface area (Å²) >= 11 is 0. The fraction of sp³-hybridized carbons (Fsp3) is 0.214. The summed E-state index contributed by atoms with van der Waals surface area (Å²) < 4.78 is 14.8. The lowest BCUT2D eigenvalue weighted by atomic mass is 10.2. The molecule has 21 heavy (non-hydrogen) atoms. The van der Waals surface area contributed by atoms with Gasteiger partial charge >= 0.3 is 11.7 Å². The third kappa shape index (κ3) is 4.07. The summed E-state index contributed by atoms with van der Waals surface area (Å²) in [5.74, 6) is -0.293. The molecule has 0 aliphatic carbocycles. The van der Waals surface area contributed by atoms with Gasteiger partial charge in [0.15, 0.2) is 6.61 Å². The predicted octanol–water partition coefficient (Wildman–Crippen LogP) is 1.44. The summed E-state index contributed by atoms with van der Waals surface area (Å²) in [6.07, 6.45) is -0.824. The number of alkyl carbamates (subject to hydrolysis) is 1. The molecule has 2 rings (SSSR count). The van der Waals surface area contributed by atoms with Crippen molar-refractivity contribution < 1.29 is 23.5 Å². The van der Waals surface area contributed by atoms with Crippen LogP contribution in [0.1, 0.15) is 6.92 Å². The Morgan fingerprint density at radius 2 is 2.00 bits per heavy atom. The number of benzene rings is 1. The topological polar surface area (TPSA) is 94.8 Å². The Labute approximate surface area is 119 Å². The van der Waals surface area contributed by atoms with Crippen molar-refractivity contribution in [1.29, 1.82) is 0 Å². The van der Waals surface area contributed by atoms with Crippen LogP contribution in [-0.2, 0) is 9.53 Å². The van der Waals surface area contributed by atoms with Crippen molar-refractivity contribution in [2.75, 3.05) is 13.2 Å². The highest BCUT2D eigenvalue weighted by Crippen LogP contribution is 2.19. The first-order valence-electron chi connectivity index (χ1n) is 6.22. The number of fused-ring (bicyclic) bond motifs is 1. The Morgan fingerprint density at radius 3 is 2.76 bits per heavy atom. The summed E-state index contributed by atoms with van der Waals surface area (Å²) in [5, 5.41) is 2.73. The Morgan fingerprint density at radius 1 is 1.24 bits per heavy atom. The number of hydrogen-bond donors (Lipinski definition) is 1. The second-order valence-corrected chi connectivity index (χ2v) is 4.01. The average molecular weight is 291 g/mol. The summed E-state index contributed by atoms with van der Waals surface area (Å²) in [6, 6.07) is 7.75. The molecule has 0 aliphatic rings. The van der Waals surface area contributed by atoms with Gasteiger partial charge in [-0.3, -0.25) is 10.1 Å². The van der Waals surface area contributed by atoms with Crippen LogP contribution < -0.4 is 15.7 Å². The van der Waals surface area contributed by atoms with Crippen LogP contribution in [0.3, 0.4) is 0 Å². The summed E-state index contributed by atoms with van der Waals surface area (Å²) in [6.45, 7) is 1.44. The molecule has 2 amide bonds. The third-order valence-electron chi connectivity index (χ3n) is 2.48.